The van der Waals surface area contributed by atoms with Crippen LogP contribution in [0.1, 0.15) is 37.0 Å². The molecule has 0 saturated heterocycles. The second-order valence-corrected chi connectivity index (χ2v) is 5.21. The zero-order valence-corrected chi connectivity index (χ0v) is 12.9. The normalized spacial score (nSPS) is 12.3. The first kappa shape index (κ1) is 16.4. The van der Waals surface area contributed by atoms with Gasteiger partial charge in [0.2, 0.25) is 0 Å². The number of amidine groups is 1. The number of nitrogens with two attached hydrogens (primary N) is 1. The molecule has 0 aromatic heterocycles. The lowest BCUT2D eigenvalue weighted by Crippen LogP contribution is -2.56. The summed E-state index contributed by atoms with van der Waals surface area (Å²) in [6.45, 7) is 3.62. The van der Waals surface area contributed by atoms with E-state index >= 15 is 0 Å². The van der Waals surface area contributed by atoms with Gasteiger partial charge in [0.25, 0.3) is 5.91 Å². The second-order valence-electron chi connectivity index (χ2n) is 4.36. The number of carbonyl (C=O) groups is 1. The van der Waals surface area contributed by atoms with Gasteiger partial charge in [-0.05, 0) is 47.0 Å². The Morgan fingerprint density at radius 2 is 2.10 bits per heavy atom. The summed E-state index contributed by atoms with van der Waals surface area (Å²) in [4.78, 5) is 12.2. The molecule has 1 aromatic rings. The summed E-state index contributed by atoms with van der Waals surface area (Å²) in [6.07, 6.45) is 0.897. The van der Waals surface area contributed by atoms with Crippen LogP contribution >= 0.6 is 15.9 Å². The van der Waals surface area contributed by atoms with Crippen LogP contribution in [-0.2, 0) is 0 Å². The zero-order chi connectivity index (χ0) is 15.3. The van der Waals surface area contributed by atoms with Gasteiger partial charge >= 0.3 is 0 Å². The summed E-state index contributed by atoms with van der Waals surface area (Å²) >= 11 is 3.02. The predicted molar refractivity (Wildman–Crippen MR) is 78.3 cm³/mol. The second kappa shape index (κ2) is 6.69. The maximum absolute atomic E-state index is 13.4. The number of hydrogen-bond acceptors (Lipinski definition) is 3. The Balaban J connectivity index is 3.05. The van der Waals surface area contributed by atoms with E-state index in [9.17, 15) is 9.18 Å². The molecular weight excluding hydrogens is 329 g/mol. The number of halogens is 2. The average molecular weight is 346 g/mol. The van der Waals surface area contributed by atoms with Crippen molar-refractivity contribution in [1.29, 1.82) is 0 Å². The number of nitrogens with one attached hydrogen (secondary N) is 1. The van der Waals surface area contributed by atoms with Gasteiger partial charge in [0.05, 0.1) is 4.47 Å². The minimum atomic E-state index is -0.949. The highest BCUT2D eigenvalue weighted by molar-refractivity contribution is 9.10. The minimum Gasteiger partial charge on any atom is -0.409 e. The number of amides is 1. The van der Waals surface area contributed by atoms with Crippen LogP contribution in [0.2, 0.25) is 0 Å². The van der Waals surface area contributed by atoms with E-state index in [1.54, 1.807) is 0 Å². The Hall–Kier alpha value is -1.63. The van der Waals surface area contributed by atoms with Crippen molar-refractivity contribution in [3.8, 4) is 0 Å². The van der Waals surface area contributed by atoms with E-state index in [2.05, 4.69) is 26.4 Å². The summed E-state index contributed by atoms with van der Waals surface area (Å²) in [6, 6.07) is 4.07. The van der Waals surface area contributed by atoms with Crippen LogP contribution in [0.15, 0.2) is 27.8 Å². The van der Waals surface area contributed by atoms with Crippen LogP contribution in [0.5, 0.6) is 0 Å². The van der Waals surface area contributed by atoms with E-state index in [1.165, 1.54) is 12.1 Å². The van der Waals surface area contributed by atoms with Crippen molar-refractivity contribution in [2.75, 3.05) is 0 Å². The lowest BCUT2D eigenvalue weighted by Gasteiger charge is -2.31. The smallest absolute Gasteiger partial charge is 0.252 e. The van der Waals surface area contributed by atoms with E-state index in [-0.39, 0.29) is 15.9 Å². The number of carbonyl (C=O) groups excluding carboxylic acids is 1. The van der Waals surface area contributed by atoms with Gasteiger partial charge in [0.15, 0.2) is 5.84 Å². The molecular formula is C13H17BrFN3O2. The first-order valence-corrected chi connectivity index (χ1v) is 6.95. The highest BCUT2D eigenvalue weighted by Gasteiger charge is 2.33. The van der Waals surface area contributed by atoms with Gasteiger partial charge in [0.1, 0.15) is 11.4 Å². The quantitative estimate of drug-likeness (QED) is 0.331. The van der Waals surface area contributed by atoms with E-state index in [0.29, 0.717) is 12.8 Å². The largest absolute Gasteiger partial charge is 0.409 e. The first-order valence-electron chi connectivity index (χ1n) is 6.15. The molecule has 0 saturated carbocycles. The Labute approximate surface area is 125 Å². The van der Waals surface area contributed by atoms with Crippen molar-refractivity contribution in [2.24, 2.45) is 10.9 Å². The standard InChI is InChI=1S/C13H17BrFN3O2/c1-3-13(4-2,12(16)18-20)17-11(19)8-5-6-9(14)10(15)7-8/h5-7,20H,3-4H2,1-2H3,(H2,16,18)(H,17,19). The third-order valence-electron chi connectivity index (χ3n) is 3.34. The van der Waals surface area contributed by atoms with Gasteiger partial charge in [-0.25, -0.2) is 4.39 Å². The predicted octanol–water partition coefficient (Wildman–Crippen LogP) is 2.62. The molecule has 0 fully saturated rings. The molecule has 0 atom stereocenters. The zero-order valence-electron chi connectivity index (χ0n) is 11.3. The van der Waals surface area contributed by atoms with Gasteiger partial charge in [-0.2, -0.15) is 0 Å². The monoisotopic (exact) mass is 345 g/mol. The fourth-order valence-electron chi connectivity index (χ4n) is 1.88. The molecule has 1 rings (SSSR count). The van der Waals surface area contributed by atoms with Crippen molar-refractivity contribution in [3.63, 3.8) is 0 Å². The maximum Gasteiger partial charge on any atom is 0.252 e. The Bertz CT molecular complexity index is 530. The molecule has 1 amide bonds. The van der Waals surface area contributed by atoms with Gasteiger partial charge in [-0.1, -0.05) is 19.0 Å². The maximum atomic E-state index is 13.4. The fourth-order valence-corrected chi connectivity index (χ4v) is 2.12. The number of benzene rings is 1. The highest BCUT2D eigenvalue weighted by Crippen LogP contribution is 2.19. The third-order valence-corrected chi connectivity index (χ3v) is 3.98. The van der Waals surface area contributed by atoms with E-state index in [0.717, 1.165) is 6.07 Å². The SMILES string of the molecule is CCC(CC)(NC(=O)c1ccc(Br)c(F)c1)C(N)=NO. The van der Waals surface area contributed by atoms with Crippen LogP contribution in [0.4, 0.5) is 4.39 Å². The molecule has 0 spiro atoms. The molecule has 0 bridgehead atoms. The molecule has 0 unspecified atom stereocenters. The topological polar surface area (TPSA) is 87.7 Å². The Morgan fingerprint density at radius 1 is 1.50 bits per heavy atom. The molecule has 4 N–H and O–H groups in total. The van der Waals surface area contributed by atoms with Crippen LogP contribution in [0.3, 0.4) is 0 Å². The van der Waals surface area contributed by atoms with Crippen molar-refractivity contribution in [3.05, 3.63) is 34.1 Å². The molecule has 110 valence electrons. The van der Waals surface area contributed by atoms with Crippen LogP contribution in [0, 0.1) is 5.82 Å². The average Bonchev–Trinajstić information content (AvgIpc) is 2.46. The van der Waals surface area contributed by atoms with Crippen molar-refractivity contribution in [1.82, 2.24) is 5.32 Å². The molecule has 0 heterocycles. The molecule has 0 radical (unpaired) electrons. The summed E-state index contributed by atoms with van der Waals surface area (Å²) < 4.78 is 13.7. The van der Waals surface area contributed by atoms with Gasteiger partial charge in [0, 0.05) is 5.56 Å². The number of hydrogen-bond donors (Lipinski definition) is 3. The summed E-state index contributed by atoms with van der Waals surface area (Å²) in [7, 11) is 0. The summed E-state index contributed by atoms with van der Waals surface area (Å²) in [5, 5.41) is 14.5. The lowest BCUT2D eigenvalue weighted by molar-refractivity contribution is 0.0917. The highest BCUT2D eigenvalue weighted by atomic mass is 79.9. The third kappa shape index (κ3) is 3.27. The molecule has 0 aliphatic rings. The van der Waals surface area contributed by atoms with Crippen LogP contribution < -0.4 is 11.1 Å². The summed E-state index contributed by atoms with van der Waals surface area (Å²) in [5.41, 5.74) is 4.88. The Morgan fingerprint density at radius 3 is 2.55 bits per heavy atom. The van der Waals surface area contributed by atoms with Gasteiger partial charge in [-0.3, -0.25) is 4.79 Å². The lowest BCUT2D eigenvalue weighted by atomic mass is 9.91. The molecule has 7 heteroatoms. The first-order chi connectivity index (χ1) is 9.40. The summed E-state index contributed by atoms with van der Waals surface area (Å²) in [5.74, 6) is -1.08. The van der Waals surface area contributed by atoms with Crippen LogP contribution in [0.25, 0.3) is 0 Å². The van der Waals surface area contributed by atoms with Crippen LogP contribution in [-0.4, -0.2) is 22.5 Å². The van der Waals surface area contributed by atoms with Gasteiger partial charge < -0.3 is 16.3 Å². The molecule has 5 nitrogen and oxygen atoms in total. The number of oxime groups is 1. The molecule has 0 aliphatic carbocycles. The van der Waals surface area contributed by atoms with Crippen molar-refractivity contribution >= 4 is 27.7 Å². The van der Waals surface area contributed by atoms with E-state index in [4.69, 9.17) is 10.9 Å². The van der Waals surface area contributed by atoms with Crippen molar-refractivity contribution in [2.45, 2.75) is 32.2 Å². The molecule has 1 aromatic carbocycles. The number of rotatable bonds is 5. The van der Waals surface area contributed by atoms with E-state index < -0.39 is 17.3 Å². The van der Waals surface area contributed by atoms with Crippen molar-refractivity contribution < 1.29 is 14.4 Å². The molecule has 20 heavy (non-hydrogen) atoms. The minimum absolute atomic E-state index is 0.0755. The number of nitrogens with zero attached hydrogens (tertiary/aromatic N) is 1. The fraction of sp³-hybridized carbons (Fsp3) is 0.385. The van der Waals surface area contributed by atoms with Gasteiger partial charge in [-0.15, -0.1) is 0 Å². The molecule has 0 aliphatic heterocycles. The van der Waals surface area contributed by atoms with E-state index in [1.807, 2.05) is 13.8 Å². The Kier molecular flexibility index (Phi) is 5.50.